The van der Waals surface area contributed by atoms with Crippen LogP contribution < -0.4 is 5.32 Å². The highest BCUT2D eigenvalue weighted by atomic mass is 32.2. The molecule has 2 aromatic rings. The van der Waals surface area contributed by atoms with Crippen LogP contribution in [-0.2, 0) is 32.2 Å². The highest BCUT2D eigenvalue weighted by Gasteiger charge is 2.49. The summed E-state index contributed by atoms with van der Waals surface area (Å²) in [5.74, 6) is -1.17. The van der Waals surface area contributed by atoms with Gasteiger partial charge in [0.15, 0.2) is 0 Å². The largest absolute Gasteiger partial charge is 0.481 e. The first-order valence-electron chi connectivity index (χ1n) is 10.4. The molecule has 4 rings (SSSR count). The number of nitrogens with zero attached hydrogens (tertiary/aromatic N) is 4. The molecule has 2 aliphatic heterocycles. The van der Waals surface area contributed by atoms with Crippen LogP contribution in [0.3, 0.4) is 0 Å². The summed E-state index contributed by atoms with van der Waals surface area (Å²) in [5, 5.41) is 20.2. The molecule has 0 radical (unpaired) electrons. The monoisotopic (exact) mass is 461 g/mol. The Morgan fingerprint density at radius 2 is 1.97 bits per heavy atom. The summed E-state index contributed by atoms with van der Waals surface area (Å²) in [6, 6.07) is 9.89. The summed E-state index contributed by atoms with van der Waals surface area (Å²) >= 11 is 1.06. The zero-order chi connectivity index (χ0) is 22.5. The molecule has 4 atom stereocenters. The van der Waals surface area contributed by atoms with Crippen LogP contribution in [0.5, 0.6) is 0 Å². The highest BCUT2D eigenvalue weighted by Crippen LogP contribution is 2.34. The van der Waals surface area contributed by atoms with E-state index in [4.69, 9.17) is 14.6 Å². The molecule has 32 heavy (non-hydrogen) atoms. The van der Waals surface area contributed by atoms with Gasteiger partial charge in [-0.25, -0.2) is 4.68 Å². The average Bonchev–Trinajstić information content (AvgIpc) is 3.46. The number of carbonyl (C=O) groups is 2. The minimum absolute atomic E-state index is 0.0898. The first-order valence-corrected chi connectivity index (χ1v) is 11.6. The van der Waals surface area contributed by atoms with Gasteiger partial charge in [-0.3, -0.25) is 14.5 Å². The molecule has 11 heteroatoms. The fourth-order valence-corrected chi connectivity index (χ4v) is 4.63. The molecule has 1 amide bonds. The van der Waals surface area contributed by atoms with Gasteiger partial charge in [0.05, 0.1) is 42.7 Å². The van der Waals surface area contributed by atoms with Gasteiger partial charge in [-0.1, -0.05) is 35.5 Å². The van der Waals surface area contributed by atoms with E-state index in [9.17, 15) is 9.59 Å². The molecular formula is C21H27N5O5S. The molecule has 3 heterocycles. The van der Waals surface area contributed by atoms with E-state index >= 15 is 0 Å². The topological polar surface area (TPSA) is 119 Å². The fraction of sp³-hybridized carbons (Fsp3) is 0.524. The Labute approximate surface area is 190 Å². The Bertz CT molecular complexity index is 926. The van der Waals surface area contributed by atoms with Gasteiger partial charge in [0.25, 0.3) is 0 Å². The first-order chi connectivity index (χ1) is 15.5. The van der Waals surface area contributed by atoms with Crippen LogP contribution >= 0.6 is 11.8 Å². The SMILES string of the molecule is CN(Cc1ccccc1)Cc1cn([C@@H]2CO[C@@H]3[C@@H]2OC[C@@H]3NC(=O)CSCC(=O)O)nn1. The van der Waals surface area contributed by atoms with Crippen molar-refractivity contribution in [3.05, 3.63) is 47.8 Å². The summed E-state index contributed by atoms with van der Waals surface area (Å²) in [6.45, 7) is 2.27. The second kappa shape index (κ2) is 10.4. The first kappa shape index (κ1) is 22.7. The quantitative estimate of drug-likeness (QED) is 0.523. The third kappa shape index (κ3) is 5.66. The molecule has 0 unspecified atom stereocenters. The number of hydrogen-bond donors (Lipinski definition) is 2. The zero-order valence-corrected chi connectivity index (χ0v) is 18.6. The van der Waals surface area contributed by atoms with Gasteiger partial charge in [0, 0.05) is 13.1 Å². The predicted molar refractivity (Wildman–Crippen MR) is 117 cm³/mol. The highest BCUT2D eigenvalue weighted by molar-refractivity contribution is 8.00. The molecule has 1 aromatic heterocycles. The van der Waals surface area contributed by atoms with E-state index in [2.05, 4.69) is 32.7 Å². The van der Waals surface area contributed by atoms with Crippen molar-refractivity contribution in [3.63, 3.8) is 0 Å². The molecule has 0 saturated carbocycles. The molecule has 0 aliphatic carbocycles. The second-order valence-corrected chi connectivity index (χ2v) is 9.06. The molecule has 0 bridgehead atoms. The fourth-order valence-electron chi connectivity index (χ4n) is 4.08. The van der Waals surface area contributed by atoms with Gasteiger partial charge in [0.2, 0.25) is 5.91 Å². The maximum atomic E-state index is 12.1. The van der Waals surface area contributed by atoms with Crippen molar-refractivity contribution in [2.24, 2.45) is 0 Å². The second-order valence-electron chi connectivity index (χ2n) is 8.07. The van der Waals surface area contributed by atoms with Crippen LogP contribution in [0.1, 0.15) is 17.3 Å². The van der Waals surface area contributed by atoms with Crippen molar-refractivity contribution >= 4 is 23.6 Å². The maximum absolute atomic E-state index is 12.1. The summed E-state index contributed by atoms with van der Waals surface area (Å²) in [4.78, 5) is 24.8. The number of carboxylic acids is 1. The van der Waals surface area contributed by atoms with Gasteiger partial charge in [0.1, 0.15) is 18.2 Å². The number of thioether (sulfide) groups is 1. The minimum Gasteiger partial charge on any atom is -0.481 e. The molecule has 2 saturated heterocycles. The van der Waals surface area contributed by atoms with E-state index in [0.29, 0.717) is 19.8 Å². The van der Waals surface area contributed by atoms with Crippen molar-refractivity contribution in [1.82, 2.24) is 25.2 Å². The third-order valence-electron chi connectivity index (χ3n) is 5.46. The number of aromatic nitrogens is 3. The number of carboxylic acid groups (broad SMARTS) is 1. The van der Waals surface area contributed by atoms with Gasteiger partial charge in [-0.15, -0.1) is 16.9 Å². The standard InChI is InChI=1S/C21H27N5O5S/c1-25(7-14-5-3-2-4-6-14)8-15-9-26(24-23-15)17-11-31-20-16(10-30-21(17)20)22-18(27)12-32-13-19(28)29/h2-6,9,16-17,20-21H,7-8,10-13H2,1H3,(H,22,27)(H,28,29)/t16-,17+,20-,21+/m0/s1. The Morgan fingerprint density at radius 1 is 1.19 bits per heavy atom. The van der Waals surface area contributed by atoms with Gasteiger partial charge in [-0.2, -0.15) is 0 Å². The number of fused-ring (bicyclic) bond motifs is 1. The summed E-state index contributed by atoms with van der Waals surface area (Å²) in [7, 11) is 2.04. The lowest BCUT2D eigenvalue weighted by molar-refractivity contribution is -0.133. The maximum Gasteiger partial charge on any atom is 0.313 e. The summed E-state index contributed by atoms with van der Waals surface area (Å²) in [5.41, 5.74) is 2.11. The lowest BCUT2D eigenvalue weighted by atomic mass is 10.1. The Morgan fingerprint density at radius 3 is 2.75 bits per heavy atom. The number of aliphatic carboxylic acids is 1. The Hall–Kier alpha value is -2.47. The van der Waals surface area contributed by atoms with Crippen LogP contribution in [0.25, 0.3) is 0 Å². The lowest BCUT2D eigenvalue weighted by Gasteiger charge is -2.17. The van der Waals surface area contributed by atoms with Gasteiger partial charge in [-0.05, 0) is 12.6 Å². The normalized spacial score (nSPS) is 24.6. The molecule has 0 spiro atoms. The summed E-state index contributed by atoms with van der Waals surface area (Å²) < 4.78 is 13.7. The van der Waals surface area contributed by atoms with E-state index in [0.717, 1.165) is 24.0 Å². The number of amides is 1. The van der Waals surface area contributed by atoms with Gasteiger partial charge >= 0.3 is 5.97 Å². The van der Waals surface area contributed by atoms with E-state index in [1.165, 1.54) is 5.56 Å². The smallest absolute Gasteiger partial charge is 0.313 e. The van der Waals surface area contributed by atoms with Crippen LogP contribution in [-0.4, -0.2) is 86.9 Å². The Kier molecular flexibility index (Phi) is 7.40. The van der Waals surface area contributed by atoms with Crippen molar-refractivity contribution in [3.8, 4) is 0 Å². The number of nitrogens with one attached hydrogen (secondary N) is 1. The van der Waals surface area contributed by atoms with Crippen LogP contribution in [0.2, 0.25) is 0 Å². The number of benzene rings is 1. The van der Waals surface area contributed by atoms with Crippen LogP contribution in [0, 0.1) is 0 Å². The molecule has 2 aliphatic rings. The summed E-state index contributed by atoms with van der Waals surface area (Å²) in [6.07, 6.45) is 1.45. The van der Waals surface area contributed by atoms with E-state index in [1.54, 1.807) is 4.68 Å². The zero-order valence-electron chi connectivity index (χ0n) is 17.8. The molecule has 2 fully saturated rings. The van der Waals surface area contributed by atoms with E-state index in [1.807, 2.05) is 31.4 Å². The van der Waals surface area contributed by atoms with Crippen molar-refractivity contribution < 1.29 is 24.2 Å². The lowest BCUT2D eigenvalue weighted by Crippen LogP contribution is -2.44. The molecule has 172 valence electrons. The van der Waals surface area contributed by atoms with Crippen molar-refractivity contribution in [2.45, 2.75) is 37.4 Å². The number of hydrogen-bond acceptors (Lipinski definition) is 8. The van der Waals surface area contributed by atoms with Gasteiger partial charge < -0.3 is 19.9 Å². The molecule has 2 N–H and O–H groups in total. The third-order valence-corrected chi connectivity index (χ3v) is 6.37. The van der Waals surface area contributed by atoms with E-state index in [-0.39, 0.29) is 41.7 Å². The molecule has 10 nitrogen and oxygen atoms in total. The molecular weight excluding hydrogens is 434 g/mol. The predicted octanol–water partition coefficient (Wildman–Crippen LogP) is 0.551. The minimum atomic E-state index is -0.938. The number of ether oxygens (including phenoxy) is 2. The van der Waals surface area contributed by atoms with Crippen LogP contribution in [0.15, 0.2) is 36.5 Å². The number of carbonyl (C=O) groups excluding carboxylic acids is 1. The average molecular weight is 462 g/mol. The Balaban J connectivity index is 1.28. The van der Waals surface area contributed by atoms with E-state index < -0.39 is 5.97 Å². The molecule has 1 aromatic carbocycles. The van der Waals surface area contributed by atoms with Crippen LogP contribution in [0.4, 0.5) is 0 Å². The van der Waals surface area contributed by atoms with Crippen molar-refractivity contribution in [1.29, 1.82) is 0 Å². The van der Waals surface area contributed by atoms with Crippen molar-refractivity contribution in [2.75, 3.05) is 31.8 Å². The number of rotatable bonds is 10.